The third-order valence-electron chi connectivity index (χ3n) is 4.65. The molecule has 3 rings (SSSR count). The molecule has 0 bridgehead atoms. The number of hydrogen-bond donors (Lipinski definition) is 1. The normalized spacial score (nSPS) is 20.5. The smallest absolute Gasteiger partial charge is 0.148 e. The van der Waals surface area contributed by atoms with E-state index in [0.29, 0.717) is 23.6 Å². The Morgan fingerprint density at radius 3 is 2.48 bits per heavy atom. The molecule has 1 atom stereocenters. The minimum atomic E-state index is -0.526. The van der Waals surface area contributed by atoms with Gasteiger partial charge in [0.25, 0.3) is 0 Å². The second-order valence-corrected chi connectivity index (χ2v) is 8.15. The summed E-state index contributed by atoms with van der Waals surface area (Å²) in [4.78, 5) is 18.0. The molecule has 0 amide bonds. The van der Waals surface area contributed by atoms with Crippen LogP contribution in [-0.2, 0) is 11.3 Å². The number of anilines is 1. The van der Waals surface area contributed by atoms with Crippen molar-refractivity contribution in [3.63, 3.8) is 0 Å². The Hall–Kier alpha value is -2.40. The van der Waals surface area contributed by atoms with Crippen molar-refractivity contribution in [1.29, 1.82) is 0 Å². The molecule has 140 valence electrons. The fourth-order valence-corrected chi connectivity index (χ4v) is 3.77. The number of nitrogens with zero attached hydrogens (tertiary/aromatic N) is 1. The first-order valence-corrected chi connectivity index (χ1v) is 9.41. The number of ketones is 1. The average Bonchev–Trinajstić information content (AvgIpc) is 2.61. The second-order valence-electron chi connectivity index (χ2n) is 7.71. The minimum Gasteiger partial charge on any atom is -0.349 e. The standard InChI is InChI=1S/C22H23FN2OS/c1-22(2)12-18(24-14-15-6-4-3-5-7-15)20(19(26)13-22)21(27)25-17-10-8-16(23)9-11-17/h3-11,20H,12-14H2,1-2H3,(H,25,27). The molecule has 1 unspecified atom stereocenters. The molecule has 1 fully saturated rings. The van der Waals surface area contributed by atoms with E-state index < -0.39 is 5.92 Å². The number of benzene rings is 2. The molecule has 0 radical (unpaired) electrons. The van der Waals surface area contributed by atoms with Crippen molar-refractivity contribution in [3.8, 4) is 0 Å². The monoisotopic (exact) mass is 382 g/mol. The van der Waals surface area contributed by atoms with Crippen LogP contribution in [0.2, 0.25) is 0 Å². The molecule has 0 aliphatic heterocycles. The highest BCUT2D eigenvalue weighted by molar-refractivity contribution is 7.80. The fraction of sp³-hybridized carbons (Fsp3) is 0.318. The Kier molecular flexibility index (Phi) is 5.80. The lowest BCUT2D eigenvalue weighted by Crippen LogP contribution is -2.43. The number of carbonyl (C=O) groups is 1. The number of rotatable bonds is 4. The number of nitrogens with one attached hydrogen (secondary N) is 1. The van der Waals surface area contributed by atoms with E-state index in [-0.39, 0.29) is 17.0 Å². The minimum absolute atomic E-state index is 0.0812. The van der Waals surface area contributed by atoms with Gasteiger partial charge in [-0.15, -0.1) is 0 Å². The molecule has 1 aliphatic rings. The van der Waals surface area contributed by atoms with Crippen molar-refractivity contribution in [2.45, 2.75) is 33.2 Å². The maximum atomic E-state index is 13.1. The quantitative estimate of drug-likeness (QED) is 0.738. The zero-order valence-corrected chi connectivity index (χ0v) is 16.4. The lowest BCUT2D eigenvalue weighted by Gasteiger charge is -2.35. The number of halogens is 1. The zero-order valence-electron chi connectivity index (χ0n) is 15.5. The van der Waals surface area contributed by atoms with Gasteiger partial charge in [-0.3, -0.25) is 9.79 Å². The molecule has 0 saturated heterocycles. The first kappa shape index (κ1) is 19.4. The first-order valence-electron chi connectivity index (χ1n) is 9.00. The van der Waals surface area contributed by atoms with Crippen LogP contribution in [0.15, 0.2) is 59.6 Å². The predicted octanol–water partition coefficient (Wildman–Crippen LogP) is 5.21. The first-order chi connectivity index (χ1) is 12.8. The highest BCUT2D eigenvalue weighted by atomic mass is 32.1. The predicted molar refractivity (Wildman–Crippen MR) is 112 cm³/mol. The van der Waals surface area contributed by atoms with E-state index in [4.69, 9.17) is 17.2 Å². The Morgan fingerprint density at radius 1 is 1.15 bits per heavy atom. The molecule has 2 aromatic carbocycles. The van der Waals surface area contributed by atoms with Crippen LogP contribution < -0.4 is 5.32 Å². The molecular weight excluding hydrogens is 359 g/mol. The third kappa shape index (κ3) is 5.07. The van der Waals surface area contributed by atoms with E-state index in [1.807, 2.05) is 30.3 Å². The summed E-state index contributed by atoms with van der Waals surface area (Å²) in [5, 5.41) is 3.09. The van der Waals surface area contributed by atoms with Gasteiger partial charge in [0, 0.05) is 17.8 Å². The summed E-state index contributed by atoms with van der Waals surface area (Å²) in [6.07, 6.45) is 1.19. The van der Waals surface area contributed by atoms with Crippen molar-refractivity contribution in [1.82, 2.24) is 0 Å². The maximum absolute atomic E-state index is 13.1. The Bertz CT molecular complexity index is 860. The van der Waals surface area contributed by atoms with E-state index in [0.717, 1.165) is 17.7 Å². The SMILES string of the molecule is CC1(C)CC(=O)C(C(=S)Nc2ccc(F)cc2)C(=NCc2ccccc2)C1. The Labute approximate surface area is 164 Å². The molecule has 3 nitrogen and oxygen atoms in total. The van der Waals surface area contributed by atoms with Gasteiger partial charge in [-0.2, -0.15) is 0 Å². The molecule has 0 heterocycles. The Morgan fingerprint density at radius 2 is 1.81 bits per heavy atom. The van der Waals surface area contributed by atoms with E-state index in [1.165, 1.54) is 12.1 Å². The highest BCUT2D eigenvalue weighted by Crippen LogP contribution is 2.35. The largest absolute Gasteiger partial charge is 0.349 e. The van der Waals surface area contributed by atoms with Crippen molar-refractivity contribution < 1.29 is 9.18 Å². The lowest BCUT2D eigenvalue weighted by molar-refractivity contribution is -0.122. The van der Waals surface area contributed by atoms with Gasteiger partial charge in [0.15, 0.2) is 0 Å². The molecule has 1 N–H and O–H groups in total. The van der Waals surface area contributed by atoms with Crippen LogP contribution in [0.5, 0.6) is 0 Å². The molecule has 1 aliphatic carbocycles. The van der Waals surface area contributed by atoms with Gasteiger partial charge in [-0.05, 0) is 41.7 Å². The number of thiocarbonyl (C=S) groups is 1. The van der Waals surface area contributed by atoms with Crippen molar-refractivity contribution in [2.24, 2.45) is 16.3 Å². The van der Waals surface area contributed by atoms with Gasteiger partial charge >= 0.3 is 0 Å². The zero-order chi connectivity index (χ0) is 19.4. The van der Waals surface area contributed by atoms with Gasteiger partial charge in [-0.25, -0.2) is 4.39 Å². The summed E-state index contributed by atoms with van der Waals surface area (Å²) in [5.74, 6) is -0.758. The van der Waals surface area contributed by atoms with Crippen LogP contribution in [0.1, 0.15) is 32.3 Å². The molecule has 5 heteroatoms. The average molecular weight is 383 g/mol. The maximum Gasteiger partial charge on any atom is 0.148 e. The molecule has 0 spiro atoms. The summed E-state index contributed by atoms with van der Waals surface area (Å²) in [6, 6.07) is 15.9. The molecule has 2 aromatic rings. The number of carbonyl (C=O) groups excluding carboxylic acids is 1. The van der Waals surface area contributed by atoms with Crippen LogP contribution in [0, 0.1) is 17.2 Å². The summed E-state index contributed by atoms with van der Waals surface area (Å²) in [6.45, 7) is 4.68. The number of hydrogen-bond acceptors (Lipinski definition) is 3. The summed E-state index contributed by atoms with van der Waals surface area (Å²) < 4.78 is 13.1. The van der Waals surface area contributed by atoms with Crippen LogP contribution in [-0.4, -0.2) is 16.5 Å². The fourth-order valence-electron chi connectivity index (χ4n) is 3.38. The van der Waals surface area contributed by atoms with Crippen LogP contribution in [0.4, 0.5) is 10.1 Å². The summed E-state index contributed by atoms with van der Waals surface area (Å²) >= 11 is 5.54. The molecule has 0 aromatic heterocycles. The van der Waals surface area contributed by atoms with Gasteiger partial charge in [0.2, 0.25) is 0 Å². The van der Waals surface area contributed by atoms with Crippen molar-refractivity contribution >= 4 is 34.4 Å². The summed E-state index contributed by atoms with van der Waals surface area (Å²) in [7, 11) is 0. The van der Waals surface area contributed by atoms with E-state index in [9.17, 15) is 9.18 Å². The van der Waals surface area contributed by atoms with Gasteiger partial charge in [-0.1, -0.05) is 56.4 Å². The number of aliphatic imine (C=N–C) groups is 1. The number of Topliss-reactive ketones (excluding diaryl/α,β-unsaturated/α-hetero) is 1. The van der Waals surface area contributed by atoms with Crippen molar-refractivity contribution in [3.05, 3.63) is 66.0 Å². The van der Waals surface area contributed by atoms with Gasteiger partial charge < -0.3 is 5.32 Å². The van der Waals surface area contributed by atoms with Crippen LogP contribution >= 0.6 is 12.2 Å². The van der Waals surface area contributed by atoms with E-state index in [2.05, 4.69) is 19.2 Å². The molecule has 1 saturated carbocycles. The van der Waals surface area contributed by atoms with Crippen LogP contribution in [0.3, 0.4) is 0 Å². The van der Waals surface area contributed by atoms with E-state index in [1.54, 1.807) is 12.1 Å². The summed E-state index contributed by atoms with van der Waals surface area (Å²) in [5.41, 5.74) is 2.45. The lowest BCUT2D eigenvalue weighted by atomic mass is 9.71. The van der Waals surface area contributed by atoms with E-state index >= 15 is 0 Å². The third-order valence-corrected chi connectivity index (χ3v) is 4.99. The second kappa shape index (κ2) is 8.09. The van der Waals surface area contributed by atoms with Crippen molar-refractivity contribution in [2.75, 3.05) is 5.32 Å². The highest BCUT2D eigenvalue weighted by Gasteiger charge is 2.40. The molecule has 27 heavy (non-hydrogen) atoms. The van der Waals surface area contributed by atoms with Gasteiger partial charge in [0.05, 0.1) is 11.5 Å². The Balaban J connectivity index is 1.83. The molecular formula is C22H23FN2OS. The van der Waals surface area contributed by atoms with Crippen LogP contribution in [0.25, 0.3) is 0 Å². The van der Waals surface area contributed by atoms with Gasteiger partial charge in [0.1, 0.15) is 17.5 Å². The topological polar surface area (TPSA) is 41.5 Å².